The normalized spacial score (nSPS) is 10.3. The Bertz CT molecular complexity index is 415. The zero-order valence-electron chi connectivity index (χ0n) is 8.95. The number of aryl methyl sites for hydroxylation is 2. The molecule has 0 saturated heterocycles. The molecule has 0 spiro atoms. The van der Waals surface area contributed by atoms with E-state index < -0.39 is 0 Å². The van der Waals surface area contributed by atoms with Gasteiger partial charge in [0.1, 0.15) is 5.82 Å². The summed E-state index contributed by atoms with van der Waals surface area (Å²) in [5.74, 6) is 0.959. The van der Waals surface area contributed by atoms with Crippen LogP contribution in [0.1, 0.15) is 16.1 Å². The maximum atomic E-state index is 4.43. The zero-order chi connectivity index (χ0) is 10.7. The summed E-state index contributed by atoms with van der Waals surface area (Å²) in [5.41, 5.74) is 2.31. The van der Waals surface area contributed by atoms with Crippen molar-refractivity contribution in [3.63, 3.8) is 0 Å². The van der Waals surface area contributed by atoms with Crippen molar-refractivity contribution in [2.45, 2.75) is 20.4 Å². The molecule has 1 N–H and O–H groups in total. The molecule has 0 saturated carbocycles. The van der Waals surface area contributed by atoms with Gasteiger partial charge in [-0.1, -0.05) is 6.07 Å². The Labute approximate surface area is 94.0 Å². The molecule has 0 amide bonds. The van der Waals surface area contributed by atoms with Crippen LogP contribution >= 0.6 is 11.3 Å². The number of pyridine rings is 1. The Morgan fingerprint density at radius 3 is 2.87 bits per heavy atom. The molecule has 0 aliphatic heterocycles. The maximum Gasteiger partial charge on any atom is 0.126 e. The van der Waals surface area contributed by atoms with Crippen molar-refractivity contribution >= 4 is 17.2 Å². The van der Waals surface area contributed by atoms with Gasteiger partial charge in [0.25, 0.3) is 0 Å². The highest BCUT2D eigenvalue weighted by molar-refractivity contribution is 7.09. The van der Waals surface area contributed by atoms with Crippen molar-refractivity contribution in [3.05, 3.63) is 45.8 Å². The summed E-state index contributed by atoms with van der Waals surface area (Å²) in [7, 11) is 0. The third-order valence-corrected chi connectivity index (χ3v) is 3.00. The molecule has 15 heavy (non-hydrogen) atoms. The van der Waals surface area contributed by atoms with Crippen LogP contribution in [-0.4, -0.2) is 4.98 Å². The molecule has 2 nitrogen and oxygen atoms in total. The van der Waals surface area contributed by atoms with Gasteiger partial charge in [0, 0.05) is 10.6 Å². The van der Waals surface area contributed by atoms with E-state index in [4.69, 9.17) is 0 Å². The van der Waals surface area contributed by atoms with Crippen LogP contribution in [0.5, 0.6) is 0 Å². The van der Waals surface area contributed by atoms with Crippen molar-refractivity contribution in [3.8, 4) is 0 Å². The minimum absolute atomic E-state index is 0.855. The molecule has 0 radical (unpaired) electrons. The first-order valence-electron chi connectivity index (χ1n) is 4.95. The fourth-order valence-corrected chi connectivity index (χ4v) is 2.17. The lowest BCUT2D eigenvalue weighted by Crippen LogP contribution is -2.00. The van der Waals surface area contributed by atoms with Gasteiger partial charge in [0.15, 0.2) is 0 Å². The highest BCUT2D eigenvalue weighted by atomic mass is 32.1. The Morgan fingerprint density at radius 1 is 1.33 bits per heavy atom. The van der Waals surface area contributed by atoms with Gasteiger partial charge in [0.05, 0.1) is 6.54 Å². The van der Waals surface area contributed by atoms with Crippen LogP contribution in [0.25, 0.3) is 0 Å². The molecule has 0 aliphatic carbocycles. The van der Waals surface area contributed by atoms with Gasteiger partial charge >= 0.3 is 0 Å². The molecule has 0 unspecified atom stereocenters. The monoisotopic (exact) mass is 218 g/mol. The van der Waals surface area contributed by atoms with E-state index >= 15 is 0 Å². The summed E-state index contributed by atoms with van der Waals surface area (Å²) in [6, 6.07) is 8.34. The number of hydrogen-bond donors (Lipinski definition) is 1. The first kappa shape index (κ1) is 10.2. The Balaban J connectivity index is 2.05. The fourth-order valence-electron chi connectivity index (χ4n) is 1.52. The largest absolute Gasteiger partial charge is 0.365 e. The van der Waals surface area contributed by atoms with E-state index in [2.05, 4.69) is 46.9 Å². The maximum absolute atomic E-state index is 4.43. The first-order chi connectivity index (χ1) is 7.24. The predicted molar refractivity (Wildman–Crippen MR) is 65.4 cm³/mol. The van der Waals surface area contributed by atoms with Crippen molar-refractivity contribution in [1.29, 1.82) is 0 Å². The van der Waals surface area contributed by atoms with Crippen LogP contribution in [0, 0.1) is 13.8 Å². The molecule has 0 aromatic carbocycles. The summed E-state index contributed by atoms with van der Waals surface area (Å²) in [5, 5.41) is 5.42. The van der Waals surface area contributed by atoms with Gasteiger partial charge in [-0.2, -0.15) is 0 Å². The van der Waals surface area contributed by atoms with Gasteiger partial charge in [-0.15, -0.1) is 11.3 Å². The highest BCUT2D eigenvalue weighted by Crippen LogP contribution is 2.13. The summed E-state index contributed by atoms with van der Waals surface area (Å²) in [6.07, 6.45) is 0. The summed E-state index contributed by atoms with van der Waals surface area (Å²) >= 11 is 1.76. The van der Waals surface area contributed by atoms with Gasteiger partial charge in [-0.05, 0) is 43.0 Å². The zero-order valence-corrected chi connectivity index (χ0v) is 9.77. The number of rotatable bonds is 3. The molecule has 78 valence electrons. The lowest BCUT2D eigenvalue weighted by molar-refractivity contribution is 1.10. The second-order valence-electron chi connectivity index (χ2n) is 3.60. The average molecular weight is 218 g/mol. The van der Waals surface area contributed by atoms with Crippen LogP contribution in [0.15, 0.2) is 29.6 Å². The van der Waals surface area contributed by atoms with Crippen LogP contribution in [0.3, 0.4) is 0 Å². The quantitative estimate of drug-likeness (QED) is 0.854. The van der Waals surface area contributed by atoms with Crippen molar-refractivity contribution in [1.82, 2.24) is 4.98 Å². The first-order valence-corrected chi connectivity index (χ1v) is 5.83. The van der Waals surface area contributed by atoms with E-state index in [0.717, 1.165) is 18.1 Å². The second kappa shape index (κ2) is 4.45. The van der Waals surface area contributed by atoms with Crippen molar-refractivity contribution in [2.24, 2.45) is 0 Å². The van der Waals surface area contributed by atoms with Crippen LogP contribution < -0.4 is 5.32 Å². The number of nitrogens with zero attached hydrogens (tertiary/aromatic N) is 1. The minimum atomic E-state index is 0.855. The number of hydrogen-bond acceptors (Lipinski definition) is 3. The van der Waals surface area contributed by atoms with Gasteiger partial charge in [-0.25, -0.2) is 4.98 Å². The van der Waals surface area contributed by atoms with E-state index in [0.29, 0.717) is 0 Å². The molecule has 0 fully saturated rings. The predicted octanol–water partition coefficient (Wildman–Crippen LogP) is 3.37. The number of thiophene rings is 1. The van der Waals surface area contributed by atoms with Crippen LogP contribution in [0.2, 0.25) is 0 Å². The summed E-state index contributed by atoms with van der Waals surface area (Å²) in [6.45, 7) is 4.96. The van der Waals surface area contributed by atoms with Gasteiger partial charge < -0.3 is 5.32 Å². The Kier molecular flexibility index (Phi) is 3.02. The molecule has 2 rings (SSSR count). The molecule has 0 bridgehead atoms. The third kappa shape index (κ3) is 2.80. The smallest absolute Gasteiger partial charge is 0.126 e. The number of aromatic nitrogens is 1. The highest BCUT2D eigenvalue weighted by Gasteiger charge is 1.98. The minimum Gasteiger partial charge on any atom is -0.365 e. The van der Waals surface area contributed by atoms with Crippen molar-refractivity contribution < 1.29 is 0 Å². The molecule has 0 aliphatic rings. The average Bonchev–Trinajstić information content (AvgIpc) is 2.65. The van der Waals surface area contributed by atoms with E-state index in [-0.39, 0.29) is 0 Å². The SMILES string of the molecule is Cc1cc(C)nc(NCc2cccs2)c1. The summed E-state index contributed by atoms with van der Waals surface area (Å²) < 4.78 is 0. The van der Waals surface area contributed by atoms with Crippen LogP contribution in [-0.2, 0) is 6.54 Å². The lowest BCUT2D eigenvalue weighted by atomic mass is 10.2. The molecule has 2 aromatic rings. The standard InChI is InChI=1S/C12H14N2S/c1-9-6-10(2)14-12(7-9)13-8-11-4-3-5-15-11/h3-7H,8H2,1-2H3,(H,13,14). The number of anilines is 1. The molecule has 3 heteroatoms. The van der Waals surface area contributed by atoms with Gasteiger partial charge in [0.2, 0.25) is 0 Å². The van der Waals surface area contributed by atoms with Crippen LogP contribution in [0.4, 0.5) is 5.82 Å². The molecular formula is C12H14N2S. The topological polar surface area (TPSA) is 24.9 Å². The number of nitrogens with one attached hydrogen (secondary N) is 1. The molecule has 2 heterocycles. The van der Waals surface area contributed by atoms with Crippen molar-refractivity contribution in [2.75, 3.05) is 5.32 Å². The molecule has 2 aromatic heterocycles. The Morgan fingerprint density at radius 2 is 2.20 bits per heavy atom. The lowest BCUT2D eigenvalue weighted by Gasteiger charge is -2.06. The summed E-state index contributed by atoms with van der Waals surface area (Å²) in [4.78, 5) is 5.76. The van der Waals surface area contributed by atoms with E-state index in [9.17, 15) is 0 Å². The fraction of sp³-hybridized carbons (Fsp3) is 0.250. The van der Waals surface area contributed by atoms with E-state index in [1.54, 1.807) is 11.3 Å². The Hall–Kier alpha value is -1.35. The van der Waals surface area contributed by atoms with E-state index in [1.807, 2.05) is 6.92 Å². The van der Waals surface area contributed by atoms with Gasteiger partial charge in [-0.3, -0.25) is 0 Å². The second-order valence-corrected chi connectivity index (χ2v) is 4.64. The molecular weight excluding hydrogens is 204 g/mol. The van der Waals surface area contributed by atoms with E-state index in [1.165, 1.54) is 10.4 Å². The third-order valence-electron chi connectivity index (χ3n) is 2.12. The molecule has 0 atom stereocenters.